The number of benzene rings is 1. The summed E-state index contributed by atoms with van der Waals surface area (Å²) in [6, 6.07) is 3.90. The number of ether oxygens (including phenoxy) is 1. The van der Waals surface area contributed by atoms with Gasteiger partial charge in [0, 0.05) is 13.1 Å². The summed E-state index contributed by atoms with van der Waals surface area (Å²) in [7, 11) is -3.73. The first kappa shape index (κ1) is 16.9. The minimum atomic E-state index is -3.73. The Morgan fingerprint density at radius 3 is 2.50 bits per heavy atom. The van der Waals surface area contributed by atoms with E-state index in [1.807, 2.05) is 0 Å². The summed E-state index contributed by atoms with van der Waals surface area (Å²) in [5.41, 5.74) is 0.0448. The van der Waals surface area contributed by atoms with Crippen LogP contribution in [0.3, 0.4) is 0 Å². The summed E-state index contributed by atoms with van der Waals surface area (Å²) in [5, 5.41) is 0.0509. The zero-order chi connectivity index (χ0) is 16.3. The lowest BCUT2D eigenvalue weighted by molar-refractivity contribution is -0.120. The van der Waals surface area contributed by atoms with E-state index in [-0.39, 0.29) is 27.9 Å². The van der Waals surface area contributed by atoms with E-state index in [2.05, 4.69) is 0 Å². The smallest absolute Gasteiger partial charge is 0.338 e. The van der Waals surface area contributed by atoms with E-state index in [0.717, 1.165) is 12.8 Å². The predicted molar refractivity (Wildman–Crippen MR) is 80.4 cm³/mol. The summed E-state index contributed by atoms with van der Waals surface area (Å²) in [6.45, 7) is 1.82. The van der Waals surface area contributed by atoms with Crippen LogP contribution in [0, 0.1) is 0 Å². The van der Waals surface area contributed by atoms with Crippen LogP contribution < -0.4 is 0 Å². The number of hydrogen-bond donors (Lipinski definition) is 0. The third-order valence-corrected chi connectivity index (χ3v) is 5.64. The van der Waals surface area contributed by atoms with E-state index in [4.69, 9.17) is 16.3 Å². The molecule has 0 N–H and O–H groups in total. The SMILES string of the molecule is CC(=O)COC(=O)c1ccc(Cl)c(S(=O)(=O)N2CCCC2)c1. The molecule has 1 fully saturated rings. The molecule has 1 aliphatic rings. The number of hydrogen-bond acceptors (Lipinski definition) is 5. The molecule has 0 bridgehead atoms. The van der Waals surface area contributed by atoms with Crippen LogP contribution in [-0.2, 0) is 19.6 Å². The average Bonchev–Trinajstić information content (AvgIpc) is 3.00. The van der Waals surface area contributed by atoms with Crippen molar-refractivity contribution in [2.24, 2.45) is 0 Å². The summed E-state index contributed by atoms with van der Waals surface area (Å²) < 4.78 is 31.2. The molecule has 1 aliphatic heterocycles. The fourth-order valence-corrected chi connectivity index (χ4v) is 4.16. The van der Waals surface area contributed by atoms with Crippen LogP contribution in [0.4, 0.5) is 0 Å². The second-order valence-electron chi connectivity index (χ2n) is 5.03. The van der Waals surface area contributed by atoms with Crippen molar-refractivity contribution < 1.29 is 22.7 Å². The van der Waals surface area contributed by atoms with Gasteiger partial charge in [0.15, 0.2) is 5.78 Å². The Bertz CT molecular complexity index is 695. The average molecular weight is 346 g/mol. The quantitative estimate of drug-likeness (QED) is 0.761. The van der Waals surface area contributed by atoms with Crippen LogP contribution in [0.2, 0.25) is 5.02 Å². The molecule has 2 rings (SSSR count). The Balaban J connectivity index is 2.30. The molecule has 0 atom stereocenters. The van der Waals surface area contributed by atoms with Gasteiger partial charge in [-0.15, -0.1) is 0 Å². The van der Waals surface area contributed by atoms with Crippen molar-refractivity contribution in [3.05, 3.63) is 28.8 Å². The molecule has 120 valence electrons. The first-order chi connectivity index (χ1) is 10.3. The molecule has 0 radical (unpaired) electrons. The van der Waals surface area contributed by atoms with Crippen LogP contribution in [0.15, 0.2) is 23.1 Å². The number of carbonyl (C=O) groups excluding carboxylic acids is 2. The molecule has 8 heteroatoms. The lowest BCUT2D eigenvalue weighted by atomic mass is 10.2. The lowest BCUT2D eigenvalue weighted by Gasteiger charge is -2.17. The number of Topliss-reactive ketones (excluding diaryl/α,β-unsaturated/α-hetero) is 1. The summed E-state index contributed by atoms with van der Waals surface area (Å²) in [5.74, 6) is -1.06. The molecular weight excluding hydrogens is 330 g/mol. The molecule has 0 saturated carbocycles. The monoisotopic (exact) mass is 345 g/mol. The molecule has 1 aromatic rings. The molecule has 22 heavy (non-hydrogen) atoms. The van der Waals surface area contributed by atoms with Gasteiger partial charge in [-0.3, -0.25) is 4.79 Å². The van der Waals surface area contributed by atoms with Crippen molar-refractivity contribution in [1.82, 2.24) is 4.31 Å². The number of esters is 1. The Morgan fingerprint density at radius 1 is 1.27 bits per heavy atom. The minimum Gasteiger partial charge on any atom is -0.454 e. The number of ketones is 1. The largest absolute Gasteiger partial charge is 0.454 e. The third-order valence-electron chi connectivity index (χ3n) is 3.26. The minimum absolute atomic E-state index is 0.0448. The number of carbonyl (C=O) groups is 2. The Hall–Kier alpha value is -1.44. The van der Waals surface area contributed by atoms with Gasteiger partial charge in [-0.1, -0.05) is 11.6 Å². The molecule has 0 unspecified atom stereocenters. The van der Waals surface area contributed by atoms with Crippen molar-refractivity contribution in [2.75, 3.05) is 19.7 Å². The second-order valence-corrected chi connectivity index (χ2v) is 7.35. The summed E-state index contributed by atoms with van der Waals surface area (Å²) in [4.78, 5) is 22.6. The topological polar surface area (TPSA) is 80.8 Å². The molecule has 0 aromatic heterocycles. The van der Waals surface area contributed by atoms with Gasteiger partial charge >= 0.3 is 5.97 Å². The fraction of sp³-hybridized carbons (Fsp3) is 0.429. The Labute approximate surface area is 134 Å². The predicted octanol–water partition coefficient (Wildman–Crippen LogP) is 1.87. The van der Waals surface area contributed by atoms with Gasteiger partial charge in [-0.05, 0) is 38.0 Å². The van der Waals surface area contributed by atoms with Crippen molar-refractivity contribution in [1.29, 1.82) is 0 Å². The number of rotatable bonds is 5. The molecule has 6 nitrogen and oxygen atoms in total. The Morgan fingerprint density at radius 2 is 1.91 bits per heavy atom. The van der Waals surface area contributed by atoms with E-state index in [1.54, 1.807) is 0 Å². The summed E-state index contributed by atoms with van der Waals surface area (Å²) >= 11 is 5.98. The highest BCUT2D eigenvalue weighted by molar-refractivity contribution is 7.89. The standard InChI is InChI=1S/C14H16ClNO5S/c1-10(17)9-21-14(18)11-4-5-12(15)13(8-11)22(19,20)16-6-2-3-7-16/h4-5,8H,2-3,6-7,9H2,1H3. The maximum atomic E-state index is 12.5. The zero-order valence-corrected chi connectivity index (χ0v) is 13.6. The van der Waals surface area contributed by atoms with Crippen molar-refractivity contribution in [3.8, 4) is 0 Å². The number of sulfonamides is 1. The first-order valence-electron chi connectivity index (χ1n) is 6.78. The number of nitrogens with zero attached hydrogens (tertiary/aromatic N) is 1. The normalized spacial score (nSPS) is 15.7. The van der Waals surface area contributed by atoms with Crippen LogP contribution in [0.5, 0.6) is 0 Å². The molecule has 0 spiro atoms. The lowest BCUT2D eigenvalue weighted by Crippen LogP contribution is -2.28. The van der Waals surface area contributed by atoms with E-state index in [9.17, 15) is 18.0 Å². The van der Waals surface area contributed by atoms with E-state index < -0.39 is 16.0 Å². The van der Waals surface area contributed by atoms with Gasteiger partial charge < -0.3 is 4.74 Å². The number of halogens is 1. The molecule has 0 aliphatic carbocycles. The van der Waals surface area contributed by atoms with Crippen molar-refractivity contribution in [3.63, 3.8) is 0 Å². The molecule has 1 aromatic carbocycles. The molecule has 0 amide bonds. The highest BCUT2D eigenvalue weighted by atomic mass is 35.5. The zero-order valence-electron chi connectivity index (χ0n) is 12.0. The highest BCUT2D eigenvalue weighted by Gasteiger charge is 2.29. The maximum Gasteiger partial charge on any atom is 0.338 e. The van der Waals surface area contributed by atoms with E-state index in [1.165, 1.54) is 29.4 Å². The fourth-order valence-electron chi connectivity index (χ4n) is 2.15. The molecule has 1 saturated heterocycles. The van der Waals surface area contributed by atoms with Gasteiger partial charge in [-0.25, -0.2) is 13.2 Å². The van der Waals surface area contributed by atoms with Crippen LogP contribution in [-0.4, -0.2) is 44.2 Å². The van der Waals surface area contributed by atoms with Crippen LogP contribution in [0.1, 0.15) is 30.1 Å². The maximum absolute atomic E-state index is 12.5. The van der Waals surface area contributed by atoms with Crippen LogP contribution >= 0.6 is 11.6 Å². The van der Waals surface area contributed by atoms with Gasteiger partial charge in [-0.2, -0.15) is 4.31 Å². The molecular formula is C14H16ClNO5S. The van der Waals surface area contributed by atoms with Crippen molar-refractivity contribution >= 4 is 33.4 Å². The van der Waals surface area contributed by atoms with Gasteiger partial charge in [0.1, 0.15) is 11.5 Å². The van der Waals surface area contributed by atoms with E-state index >= 15 is 0 Å². The van der Waals surface area contributed by atoms with Gasteiger partial charge in [0.25, 0.3) is 0 Å². The van der Waals surface area contributed by atoms with Crippen molar-refractivity contribution in [2.45, 2.75) is 24.7 Å². The van der Waals surface area contributed by atoms with Crippen LogP contribution in [0.25, 0.3) is 0 Å². The molecule has 1 heterocycles. The Kier molecular flexibility index (Phi) is 5.20. The first-order valence-corrected chi connectivity index (χ1v) is 8.60. The second kappa shape index (κ2) is 6.76. The van der Waals surface area contributed by atoms with Gasteiger partial charge in [0.2, 0.25) is 10.0 Å². The summed E-state index contributed by atoms with van der Waals surface area (Å²) in [6.07, 6.45) is 1.61. The van der Waals surface area contributed by atoms with Gasteiger partial charge in [0.05, 0.1) is 10.6 Å². The third kappa shape index (κ3) is 3.66. The van der Waals surface area contributed by atoms with E-state index in [0.29, 0.717) is 13.1 Å². The highest BCUT2D eigenvalue weighted by Crippen LogP contribution is 2.28.